The van der Waals surface area contributed by atoms with Gasteiger partial charge in [0.05, 0.1) is 31.5 Å². The molecule has 10 heteroatoms. The van der Waals surface area contributed by atoms with E-state index in [1.54, 1.807) is 37.3 Å². The number of hydrogen-bond donors (Lipinski definition) is 1. The zero-order chi connectivity index (χ0) is 38.5. The van der Waals surface area contributed by atoms with Crippen LogP contribution in [0.15, 0.2) is 96.0 Å². The number of carbonyl (C=O) groups excluding carboxylic acids is 2. The van der Waals surface area contributed by atoms with Crippen molar-refractivity contribution < 1.29 is 28.5 Å². The molecule has 1 fully saturated rings. The largest absolute Gasteiger partial charge is 0.493 e. The van der Waals surface area contributed by atoms with Crippen LogP contribution in [-0.4, -0.2) is 68.6 Å². The number of ketones is 1. The highest BCUT2D eigenvalue weighted by Crippen LogP contribution is 2.35. The third-order valence-corrected chi connectivity index (χ3v) is 9.14. The van der Waals surface area contributed by atoms with Gasteiger partial charge in [0.1, 0.15) is 13.5 Å². The molecule has 1 unspecified atom stereocenters. The molecule has 1 N–H and O–H groups in total. The van der Waals surface area contributed by atoms with Gasteiger partial charge in [-0.05, 0) is 87.6 Å². The second-order valence-corrected chi connectivity index (χ2v) is 12.9. The number of hydrogen-bond acceptors (Lipinski definition) is 9. The predicted molar refractivity (Wildman–Crippen MR) is 215 cm³/mol. The smallest absolute Gasteiger partial charge is 0.210 e. The zero-order valence-electron chi connectivity index (χ0n) is 31.8. The van der Waals surface area contributed by atoms with Gasteiger partial charge in [-0.15, -0.1) is 0 Å². The lowest BCUT2D eigenvalue weighted by Crippen LogP contribution is -2.28. The second kappa shape index (κ2) is 19.2. The third-order valence-electron chi connectivity index (χ3n) is 9.14. The maximum atomic E-state index is 13.2. The number of aromatic nitrogens is 1. The Hall–Kier alpha value is -6.00. The number of likely N-dealkylation sites (tertiary alicyclic amines) is 1. The molecule has 1 amide bonds. The van der Waals surface area contributed by atoms with Gasteiger partial charge in [0.15, 0.2) is 28.8 Å². The summed E-state index contributed by atoms with van der Waals surface area (Å²) < 4.78 is 22.9. The Morgan fingerprint density at radius 2 is 1.57 bits per heavy atom. The monoisotopic (exact) mass is 728 g/mol. The van der Waals surface area contributed by atoms with Gasteiger partial charge >= 0.3 is 0 Å². The molecule has 0 spiro atoms. The van der Waals surface area contributed by atoms with Crippen molar-refractivity contribution in [3.63, 3.8) is 0 Å². The number of pyridine rings is 1. The lowest BCUT2D eigenvalue weighted by molar-refractivity contribution is -0.117. The number of aliphatic imine (C=N–C) groups is 1. The molecule has 4 aromatic carbocycles. The summed E-state index contributed by atoms with van der Waals surface area (Å²) in [6.07, 6.45) is 7.89. The number of aryl methyl sites for hydroxylation is 4. The van der Waals surface area contributed by atoms with E-state index in [0.29, 0.717) is 34.3 Å². The topological polar surface area (TPSA) is 112 Å². The van der Waals surface area contributed by atoms with Gasteiger partial charge in [0.2, 0.25) is 6.41 Å². The van der Waals surface area contributed by atoms with Crippen molar-refractivity contribution in [1.29, 1.82) is 0 Å². The van der Waals surface area contributed by atoms with Gasteiger partial charge in [-0.3, -0.25) is 24.9 Å². The average Bonchev–Trinajstić information content (AvgIpc) is 3.65. The fraction of sp³-hybridized carbons (Fsp3) is 0.273. The van der Waals surface area contributed by atoms with E-state index in [1.165, 1.54) is 5.56 Å². The molecule has 0 saturated carbocycles. The molecule has 54 heavy (non-hydrogen) atoms. The molecular weight excluding hydrogens is 681 g/mol. The average molecular weight is 729 g/mol. The number of carbonyl (C=O) groups is 2. The maximum Gasteiger partial charge on any atom is 0.210 e. The first-order valence-corrected chi connectivity index (χ1v) is 17.9. The Morgan fingerprint density at radius 3 is 2.28 bits per heavy atom. The first kappa shape index (κ1) is 39.2. The van der Waals surface area contributed by atoms with E-state index in [-0.39, 0.29) is 25.3 Å². The summed E-state index contributed by atoms with van der Waals surface area (Å²) in [6.45, 7) is 8.91. The molecule has 10 nitrogen and oxygen atoms in total. The van der Waals surface area contributed by atoms with Crippen molar-refractivity contribution >= 4 is 41.1 Å². The number of nitrogens with one attached hydrogen (secondary N) is 1. The number of amides is 1. The van der Waals surface area contributed by atoms with Gasteiger partial charge < -0.3 is 23.8 Å². The summed E-state index contributed by atoms with van der Waals surface area (Å²) in [5, 5.41) is 4.07. The summed E-state index contributed by atoms with van der Waals surface area (Å²) in [7, 11) is 3.16. The van der Waals surface area contributed by atoms with Crippen LogP contribution in [0.1, 0.15) is 51.1 Å². The highest BCUT2D eigenvalue weighted by Gasteiger charge is 2.21. The normalized spacial score (nSPS) is 13.9. The highest BCUT2D eigenvalue weighted by molar-refractivity contribution is 6.10. The first-order chi connectivity index (χ1) is 26.2. The van der Waals surface area contributed by atoms with Gasteiger partial charge in [-0.25, -0.2) is 0 Å². The Bertz CT molecular complexity index is 2110. The summed E-state index contributed by atoms with van der Waals surface area (Å²) in [5.41, 5.74) is 6.90. The zero-order valence-corrected chi connectivity index (χ0v) is 31.8. The number of rotatable bonds is 14. The Labute approximate surface area is 317 Å². The van der Waals surface area contributed by atoms with Gasteiger partial charge in [-0.1, -0.05) is 66.2 Å². The van der Waals surface area contributed by atoms with E-state index in [9.17, 15) is 9.59 Å². The third kappa shape index (κ3) is 10.1. The number of ether oxygens (including phenoxy) is 4. The Morgan fingerprint density at radius 1 is 0.870 bits per heavy atom. The minimum Gasteiger partial charge on any atom is -0.493 e. The van der Waals surface area contributed by atoms with E-state index in [1.807, 2.05) is 93.7 Å². The molecule has 0 radical (unpaired) electrons. The predicted octanol–water partition coefficient (Wildman–Crippen LogP) is 8.35. The fourth-order valence-electron chi connectivity index (χ4n) is 6.22. The van der Waals surface area contributed by atoms with Crippen LogP contribution >= 0.6 is 0 Å². The minimum atomic E-state index is -0.107. The number of allylic oxidation sites excluding steroid dienone is 1. The van der Waals surface area contributed by atoms with Gasteiger partial charge in [-0.2, -0.15) is 0 Å². The second-order valence-electron chi connectivity index (χ2n) is 12.9. The summed E-state index contributed by atoms with van der Waals surface area (Å²) in [4.78, 5) is 35.5. The summed E-state index contributed by atoms with van der Waals surface area (Å²) >= 11 is 0. The van der Waals surface area contributed by atoms with Crippen LogP contribution in [-0.2, 0) is 4.79 Å². The van der Waals surface area contributed by atoms with Crippen LogP contribution < -0.4 is 24.3 Å². The molecule has 5 aromatic rings. The molecule has 6 rings (SSSR count). The molecule has 1 aliphatic heterocycles. The number of fused-ring (bicyclic) bond motifs is 1. The van der Waals surface area contributed by atoms with Crippen molar-refractivity contribution in [2.75, 3.05) is 34.2 Å². The lowest BCUT2D eigenvalue weighted by Gasteiger charge is -2.16. The molecule has 1 aromatic heterocycles. The van der Waals surface area contributed by atoms with Crippen LogP contribution in [0.3, 0.4) is 0 Å². The van der Waals surface area contributed by atoms with E-state index in [0.717, 1.165) is 59.1 Å². The van der Waals surface area contributed by atoms with E-state index < -0.39 is 0 Å². The van der Waals surface area contributed by atoms with Crippen LogP contribution in [0, 0.1) is 27.7 Å². The molecular formula is C44H48N4O6. The molecule has 1 saturated heterocycles. The van der Waals surface area contributed by atoms with Crippen LogP contribution in [0.25, 0.3) is 17.0 Å². The van der Waals surface area contributed by atoms with Crippen molar-refractivity contribution in [3.05, 3.63) is 125 Å². The first-order valence-electron chi connectivity index (χ1n) is 17.9. The molecule has 280 valence electrons. The molecule has 0 aliphatic carbocycles. The molecule has 2 heterocycles. The number of para-hydroxylation sites is 1. The summed E-state index contributed by atoms with van der Waals surface area (Å²) in [6, 6.07) is 27.3. The van der Waals surface area contributed by atoms with Crippen molar-refractivity contribution in [3.8, 4) is 23.0 Å². The Kier molecular flexibility index (Phi) is 13.9. The quantitative estimate of drug-likeness (QED) is 0.0303. The SMILES string of the molecule is COc1cc(/C=C/C(=O)c2c(C)nc3ccccc3c2C)ccc1OCNCOc1cc(N=CC2CCCN2C=O)c(C)cc1OC.Cc1ccccc1. The van der Waals surface area contributed by atoms with E-state index in [2.05, 4.69) is 34.3 Å². The van der Waals surface area contributed by atoms with Gasteiger partial charge in [0, 0.05) is 35.5 Å². The lowest BCUT2D eigenvalue weighted by atomic mass is 9.98. The van der Waals surface area contributed by atoms with E-state index in [4.69, 9.17) is 18.9 Å². The van der Waals surface area contributed by atoms with Crippen LogP contribution in [0.5, 0.6) is 23.0 Å². The van der Waals surface area contributed by atoms with Crippen LogP contribution in [0.2, 0.25) is 0 Å². The minimum absolute atomic E-state index is 0.00299. The Balaban J connectivity index is 0.000000719. The van der Waals surface area contributed by atoms with Crippen LogP contribution in [0.4, 0.5) is 5.69 Å². The van der Waals surface area contributed by atoms with Gasteiger partial charge in [0.25, 0.3) is 0 Å². The molecule has 1 aliphatic rings. The summed E-state index contributed by atoms with van der Waals surface area (Å²) in [5.74, 6) is 2.08. The fourth-order valence-corrected chi connectivity index (χ4v) is 6.22. The van der Waals surface area contributed by atoms with Crippen molar-refractivity contribution in [2.45, 2.75) is 46.6 Å². The standard InChI is InChI=1S/C37H40N4O6.C7H8/c1-24-17-34(44-4)36(19-31(24)39-20-28-9-8-16-41(28)23-42)47-22-38-21-46-33-15-13-27(18-35(33)45-5)12-14-32(43)37-25(2)29-10-6-7-11-30(29)40-26(37)3;1-7-5-3-2-4-6-7/h6-7,10-15,17-20,23,28,38H,8-9,16,21-22H2,1-5H3;2-6H,1H3/b14-12+,39-20?;. The number of methoxy groups -OCH3 is 2. The number of nitrogens with zero attached hydrogens (tertiary/aromatic N) is 3. The number of benzene rings is 4. The molecule has 1 atom stereocenters. The van der Waals surface area contributed by atoms with E-state index >= 15 is 0 Å². The highest BCUT2D eigenvalue weighted by atomic mass is 16.5. The molecule has 0 bridgehead atoms. The maximum absolute atomic E-state index is 13.2. The van der Waals surface area contributed by atoms with Crippen molar-refractivity contribution in [1.82, 2.24) is 15.2 Å². The van der Waals surface area contributed by atoms with Crippen molar-refractivity contribution in [2.24, 2.45) is 4.99 Å².